The molecule has 0 atom stereocenters. The van der Waals surface area contributed by atoms with Gasteiger partial charge >= 0.3 is 0 Å². The number of fused-ring (bicyclic) bond motifs is 1. The van der Waals surface area contributed by atoms with Gasteiger partial charge < -0.3 is 10.1 Å². The van der Waals surface area contributed by atoms with Crippen LogP contribution in [0.4, 0.5) is 5.69 Å². The normalized spacial score (nSPS) is 10.6. The maximum absolute atomic E-state index is 5.31. The second kappa shape index (κ2) is 5.83. The van der Waals surface area contributed by atoms with E-state index in [4.69, 9.17) is 9.72 Å². The summed E-state index contributed by atoms with van der Waals surface area (Å²) in [4.78, 5) is 4.78. The quantitative estimate of drug-likeness (QED) is 0.770. The smallest absolute Gasteiger partial charge is 0.121 e. The molecule has 3 aromatic rings. The molecule has 1 N–H and O–H groups in total. The van der Waals surface area contributed by atoms with Crippen LogP contribution in [-0.4, -0.2) is 18.6 Å². The van der Waals surface area contributed by atoms with Crippen LogP contribution in [0.25, 0.3) is 22.2 Å². The standard InChI is InChI=1S/C18H18N2O/c1-3-19-17-12-16(13-7-5-4-6-8-13)20-18-11-14(21-2)9-10-15(17)18/h4-12H,3H2,1-2H3,(H,19,20). The monoisotopic (exact) mass is 278 g/mol. The minimum Gasteiger partial charge on any atom is -0.497 e. The van der Waals surface area contributed by atoms with Crippen molar-refractivity contribution in [3.8, 4) is 17.0 Å². The van der Waals surface area contributed by atoms with E-state index in [1.165, 1.54) is 0 Å². The molecule has 0 fully saturated rings. The van der Waals surface area contributed by atoms with Gasteiger partial charge in [0.1, 0.15) is 5.75 Å². The molecule has 0 amide bonds. The molecule has 0 aliphatic heterocycles. The van der Waals surface area contributed by atoms with Gasteiger partial charge in [0, 0.05) is 29.2 Å². The molecular weight excluding hydrogens is 260 g/mol. The number of rotatable bonds is 4. The van der Waals surface area contributed by atoms with E-state index in [9.17, 15) is 0 Å². The fourth-order valence-electron chi connectivity index (χ4n) is 2.43. The third-order valence-corrected chi connectivity index (χ3v) is 3.45. The number of hydrogen-bond acceptors (Lipinski definition) is 3. The average Bonchev–Trinajstić information content (AvgIpc) is 2.55. The number of ether oxygens (including phenoxy) is 1. The lowest BCUT2D eigenvalue weighted by atomic mass is 10.1. The number of aromatic nitrogens is 1. The highest BCUT2D eigenvalue weighted by Crippen LogP contribution is 2.30. The summed E-state index contributed by atoms with van der Waals surface area (Å²) in [6.07, 6.45) is 0. The first-order chi connectivity index (χ1) is 10.3. The molecule has 0 aliphatic rings. The van der Waals surface area contributed by atoms with Gasteiger partial charge in [0.05, 0.1) is 18.3 Å². The lowest BCUT2D eigenvalue weighted by Crippen LogP contribution is -1.99. The molecule has 0 unspecified atom stereocenters. The molecule has 0 bridgehead atoms. The molecule has 3 nitrogen and oxygen atoms in total. The van der Waals surface area contributed by atoms with Crippen molar-refractivity contribution in [1.29, 1.82) is 0 Å². The Hall–Kier alpha value is -2.55. The van der Waals surface area contributed by atoms with Crippen molar-refractivity contribution in [3.05, 3.63) is 54.6 Å². The first kappa shape index (κ1) is 13.4. The second-order valence-electron chi connectivity index (χ2n) is 4.83. The van der Waals surface area contributed by atoms with E-state index in [1.807, 2.05) is 36.4 Å². The lowest BCUT2D eigenvalue weighted by molar-refractivity contribution is 0.415. The van der Waals surface area contributed by atoms with Crippen LogP contribution < -0.4 is 10.1 Å². The fourth-order valence-corrected chi connectivity index (χ4v) is 2.43. The van der Waals surface area contributed by atoms with Crippen molar-refractivity contribution in [2.24, 2.45) is 0 Å². The molecule has 0 saturated heterocycles. The van der Waals surface area contributed by atoms with E-state index in [-0.39, 0.29) is 0 Å². The maximum Gasteiger partial charge on any atom is 0.121 e. The summed E-state index contributed by atoms with van der Waals surface area (Å²) < 4.78 is 5.31. The van der Waals surface area contributed by atoms with Crippen molar-refractivity contribution in [1.82, 2.24) is 4.98 Å². The van der Waals surface area contributed by atoms with Gasteiger partial charge in [-0.15, -0.1) is 0 Å². The summed E-state index contributed by atoms with van der Waals surface area (Å²) in [7, 11) is 1.67. The van der Waals surface area contributed by atoms with E-state index in [0.29, 0.717) is 0 Å². The highest BCUT2D eigenvalue weighted by molar-refractivity contribution is 5.94. The van der Waals surface area contributed by atoms with Gasteiger partial charge in [0.15, 0.2) is 0 Å². The maximum atomic E-state index is 5.31. The topological polar surface area (TPSA) is 34.2 Å². The molecule has 3 rings (SSSR count). The van der Waals surface area contributed by atoms with Crippen LogP contribution in [0.2, 0.25) is 0 Å². The molecule has 0 saturated carbocycles. The molecular formula is C18H18N2O. The SMILES string of the molecule is CCNc1cc(-c2ccccc2)nc2cc(OC)ccc12. The Morgan fingerprint density at radius 1 is 1.05 bits per heavy atom. The van der Waals surface area contributed by atoms with Gasteiger partial charge in [0.25, 0.3) is 0 Å². The third kappa shape index (κ3) is 2.68. The Labute approximate surface area is 124 Å². The van der Waals surface area contributed by atoms with Crippen LogP contribution in [0, 0.1) is 0 Å². The Kier molecular flexibility index (Phi) is 3.73. The van der Waals surface area contributed by atoms with Crippen LogP contribution in [0.3, 0.4) is 0 Å². The molecule has 2 aromatic carbocycles. The van der Waals surface area contributed by atoms with Crippen LogP contribution in [-0.2, 0) is 0 Å². The van der Waals surface area contributed by atoms with Gasteiger partial charge in [-0.05, 0) is 25.1 Å². The van der Waals surface area contributed by atoms with E-state index in [0.717, 1.165) is 40.1 Å². The summed E-state index contributed by atoms with van der Waals surface area (Å²) >= 11 is 0. The zero-order chi connectivity index (χ0) is 14.7. The lowest BCUT2D eigenvalue weighted by Gasteiger charge is -2.12. The van der Waals surface area contributed by atoms with Crippen LogP contribution in [0.15, 0.2) is 54.6 Å². The third-order valence-electron chi connectivity index (χ3n) is 3.45. The summed E-state index contributed by atoms with van der Waals surface area (Å²) in [6.45, 7) is 2.97. The predicted molar refractivity (Wildman–Crippen MR) is 87.9 cm³/mol. The molecule has 0 aliphatic carbocycles. The largest absolute Gasteiger partial charge is 0.497 e. The summed E-state index contributed by atoms with van der Waals surface area (Å²) in [5.74, 6) is 0.822. The molecule has 0 spiro atoms. The highest BCUT2D eigenvalue weighted by atomic mass is 16.5. The van der Waals surface area contributed by atoms with Crippen molar-refractivity contribution >= 4 is 16.6 Å². The number of nitrogens with one attached hydrogen (secondary N) is 1. The zero-order valence-electron chi connectivity index (χ0n) is 12.3. The number of hydrogen-bond donors (Lipinski definition) is 1. The van der Waals surface area contributed by atoms with Gasteiger partial charge in [-0.1, -0.05) is 30.3 Å². The van der Waals surface area contributed by atoms with Gasteiger partial charge in [-0.2, -0.15) is 0 Å². The highest BCUT2D eigenvalue weighted by Gasteiger charge is 2.08. The minimum atomic E-state index is 0.822. The van der Waals surface area contributed by atoms with E-state index >= 15 is 0 Å². The van der Waals surface area contributed by atoms with Crippen molar-refractivity contribution in [2.75, 3.05) is 19.0 Å². The predicted octanol–water partition coefficient (Wildman–Crippen LogP) is 4.34. The molecule has 0 radical (unpaired) electrons. The Bertz CT molecular complexity index is 754. The van der Waals surface area contributed by atoms with Gasteiger partial charge in [0.2, 0.25) is 0 Å². The van der Waals surface area contributed by atoms with Crippen LogP contribution >= 0.6 is 0 Å². The average molecular weight is 278 g/mol. The van der Waals surface area contributed by atoms with Crippen LogP contribution in [0.1, 0.15) is 6.92 Å². The molecule has 106 valence electrons. The summed E-state index contributed by atoms with van der Waals surface area (Å²) in [6, 6.07) is 18.3. The first-order valence-corrected chi connectivity index (χ1v) is 7.10. The molecule has 1 aromatic heterocycles. The number of nitrogens with zero attached hydrogens (tertiary/aromatic N) is 1. The van der Waals surface area contributed by atoms with E-state index in [1.54, 1.807) is 7.11 Å². The van der Waals surface area contributed by atoms with Gasteiger partial charge in [-0.3, -0.25) is 0 Å². The van der Waals surface area contributed by atoms with Crippen molar-refractivity contribution < 1.29 is 4.74 Å². The number of pyridine rings is 1. The van der Waals surface area contributed by atoms with E-state index in [2.05, 4.69) is 30.4 Å². The molecule has 21 heavy (non-hydrogen) atoms. The minimum absolute atomic E-state index is 0.822. The Balaban J connectivity index is 2.22. The fraction of sp³-hybridized carbons (Fsp3) is 0.167. The molecule has 1 heterocycles. The first-order valence-electron chi connectivity index (χ1n) is 7.10. The van der Waals surface area contributed by atoms with Gasteiger partial charge in [-0.25, -0.2) is 4.98 Å². The number of anilines is 1. The summed E-state index contributed by atoms with van der Waals surface area (Å²) in [5.41, 5.74) is 4.12. The zero-order valence-corrected chi connectivity index (χ0v) is 12.3. The second-order valence-corrected chi connectivity index (χ2v) is 4.83. The Morgan fingerprint density at radius 2 is 1.86 bits per heavy atom. The molecule has 3 heteroatoms. The van der Waals surface area contributed by atoms with E-state index < -0.39 is 0 Å². The van der Waals surface area contributed by atoms with Crippen LogP contribution in [0.5, 0.6) is 5.75 Å². The van der Waals surface area contributed by atoms with Crippen molar-refractivity contribution in [3.63, 3.8) is 0 Å². The van der Waals surface area contributed by atoms with Crippen molar-refractivity contribution in [2.45, 2.75) is 6.92 Å². The number of benzene rings is 2. The summed E-state index contributed by atoms with van der Waals surface area (Å²) in [5, 5.41) is 4.53. The number of methoxy groups -OCH3 is 1. The Morgan fingerprint density at radius 3 is 2.57 bits per heavy atom.